The monoisotopic (exact) mass is 256 g/mol. The SMILES string of the molecule is CCCC(CNC(C)(C)C)OC1CCN(C)CC1. The number of ether oxygens (including phenoxy) is 1. The molecular formula is C15H32N2O. The second-order valence-electron chi connectivity index (χ2n) is 6.68. The van der Waals surface area contributed by atoms with Gasteiger partial charge < -0.3 is 15.0 Å². The minimum atomic E-state index is 0.183. The Morgan fingerprint density at radius 1 is 1.28 bits per heavy atom. The quantitative estimate of drug-likeness (QED) is 0.791. The van der Waals surface area contributed by atoms with Crippen molar-refractivity contribution in [2.24, 2.45) is 0 Å². The zero-order valence-corrected chi connectivity index (χ0v) is 13.0. The fourth-order valence-electron chi connectivity index (χ4n) is 2.35. The molecule has 108 valence electrons. The summed E-state index contributed by atoms with van der Waals surface area (Å²) in [5.74, 6) is 0. The Kier molecular flexibility index (Phi) is 6.61. The first kappa shape index (κ1) is 15.9. The normalized spacial score (nSPS) is 21.2. The smallest absolute Gasteiger partial charge is 0.0703 e. The van der Waals surface area contributed by atoms with E-state index < -0.39 is 0 Å². The Morgan fingerprint density at radius 2 is 1.89 bits per heavy atom. The van der Waals surface area contributed by atoms with Crippen molar-refractivity contribution in [3.05, 3.63) is 0 Å². The van der Waals surface area contributed by atoms with Crippen LogP contribution in [0.1, 0.15) is 53.4 Å². The van der Waals surface area contributed by atoms with E-state index in [4.69, 9.17) is 4.74 Å². The van der Waals surface area contributed by atoms with Gasteiger partial charge in [-0.2, -0.15) is 0 Å². The van der Waals surface area contributed by atoms with Crippen LogP contribution in [-0.2, 0) is 4.74 Å². The van der Waals surface area contributed by atoms with Crippen molar-refractivity contribution in [1.29, 1.82) is 0 Å². The maximum atomic E-state index is 6.29. The van der Waals surface area contributed by atoms with Gasteiger partial charge in [-0.15, -0.1) is 0 Å². The van der Waals surface area contributed by atoms with Crippen LogP contribution in [0.4, 0.5) is 0 Å². The van der Waals surface area contributed by atoms with Gasteiger partial charge in [-0.3, -0.25) is 0 Å². The summed E-state index contributed by atoms with van der Waals surface area (Å²) >= 11 is 0. The largest absolute Gasteiger partial charge is 0.374 e. The predicted molar refractivity (Wildman–Crippen MR) is 78.1 cm³/mol. The lowest BCUT2D eigenvalue weighted by molar-refractivity contribution is -0.0438. The summed E-state index contributed by atoms with van der Waals surface area (Å²) in [7, 11) is 2.20. The van der Waals surface area contributed by atoms with E-state index >= 15 is 0 Å². The highest BCUT2D eigenvalue weighted by Gasteiger charge is 2.21. The molecule has 1 N–H and O–H groups in total. The molecule has 0 aromatic carbocycles. The van der Waals surface area contributed by atoms with Gasteiger partial charge in [0.05, 0.1) is 12.2 Å². The third kappa shape index (κ3) is 6.72. The molecule has 3 nitrogen and oxygen atoms in total. The molecule has 1 heterocycles. The number of hydrogen-bond acceptors (Lipinski definition) is 3. The molecule has 0 aromatic heterocycles. The van der Waals surface area contributed by atoms with Crippen molar-refractivity contribution in [2.45, 2.75) is 71.1 Å². The van der Waals surface area contributed by atoms with Crippen LogP contribution in [0, 0.1) is 0 Å². The van der Waals surface area contributed by atoms with Crippen LogP contribution in [0.5, 0.6) is 0 Å². The van der Waals surface area contributed by atoms with E-state index in [1.165, 1.54) is 32.4 Å². The van der Waals surface area contributed by atoms with Crippen LogP contribution in [0.25, 0.3) is 0 Å². The Morgan fingerprint density at radius 3 is 2.39 bits per heavy atom. The minimum absolute atomic E-state index is 0.183. The predicted octanol–water partition coefficient (Wildman–Crippen LogP) is 2.65. The maximum absolute atomic E-state index is 6.29. The molecule has 1 atom stereocenters. The Bertz CT molecular complexity index is 217. The first-order valence-electron chi connectivity index (χ1n) is 7.49. The number of nitrogens with one attached hydrogen (secondary N) is 1. The van der Waals surface area contributed by atoms with Crippen molar-refractivity contribution in [3.8, 4) is 0 Å². The molecule has 1 saturated heterocycles. The van der Waals surface area contributed by atoms with E-state index in [-0.39, 0.29) is 5.54 Å². The van der Waals surface area contributed by atoms with Crippen LogP contribution in [0.3, 0.4) is 0 Å². The number of hydrogen-bond donors (Lipinski definition) is 1. The molecule has 0 aromatic rings. The van der Waals surface area contributed by atoms with Crippen molar-refractivity contribution in [1.82, 2.24) is 10.2 Å². The Labute approximate surface area is 113 Å². The van der Waals surface area contributed by atoms with Gasteiger partial charge in [0.1, 0.15) is 0 Å². The summed E-state index contributed by atoms with van der Waals surface area (Å²) in [6.45, 7) is 12.2. The van der Waals surface area contributed by atoms with Crippen molar-refractivity contribution in [2.75, 3.05) is 26.7 Å². The third-order valence-electron chi connectivity index (χ3n) is 3.52. The van der Waals surface area contributed by atoms with Gasteiger partial charge in [0.15, 0.2) is 0 Å². The van der Waals surface area contributed by atoms with Crippen LogP contribution in [0.2, 0.25) is 0 Å². The highest BCUT2D eigenvalue weighted by Crippen LogP contribution is 2.16. The first-order valence-corrected chi connectivity index (χ1v) is 7.49. The van der Waals surface area contributed by atoms with Gasteiger partial charge in [-0.25, -0.2) is 0 Å². The lowest BCUT2D eigenvalue weighted by atomic mass is 10.1. The second-order valence-corrected chi connectivity index (χ2v) is 6.68. The van der Waals surface area contributed by atoms with Gasteiger partial charge in [-0.1, -0.05) is 13.3 Å². The third-order valence-corrected chi connectivity index (χ3v) is 3.52. The first-order chi connectivity index (χ1) is 8.40. The fourth-order valence-corrected chi connectivity index (χ4v) is 2.35. The zero-order chi connectivity index (χ0) is 13.6. The molecular weight excluding hydrogens is 224 g/mol. The summed E-state index contributed by atoms with van der Waals surface area (Å²) in [6.07, 6.45) is 5.58. The summed E-state index contributed by atoms with van der Waals surface area (Å²) < 4.78 is 6.29. The molecule has 3 heteroatoms. The molecule has 0 saturated carbocycles. The zero-order valence-electron chi connectivity index (χ0n) is 13.0. The molecule has 0 bridgehead atoms. The lowest BCUT2D eigenvalue weighted by Crippen LogP contribution is -2.44. The van der Waals surface area contributed by atoms with Crippen LogP contribution in [0.15, 0.2) is 0 Å². The molecule has 1 fully saturated rings. The van der Waals surface area contributed by atoms with E-state index in [1.807, 2.05) is 0 Å². The van der Waals surface area contributed by atoms with Crippen LogP contribution in [-0.4, -0.2) is 49.3 Å². The molecule has 1 aliphatic rings. The average molecular weight is 256 g/mol. The van der Waals surface area contributed by atoms with Crippen molar-refractivity contribution in [3.63, 3.8) is 0 Å². The average Bonchev–Trinajstić information content (AvgIpc) is 2.28. The fraction of sp³-hybridized carbons (Fsp3) is 1.00. The number of nitrogens with zero attached hydrogens (tertiary/aromatic N) is 1. The van der Waals surface area contributed by atoms with Gasteiger partial charge in [0.2, 0.25) is 0 Å². The van der Waals surface area contributed by atoms with E-state index in [1.54, 1.807) is 0 Å². The standard InChI is InChI=1S/C15H32N2O/c1-6-7-14(12-16-15(2,3)4)18-13-8-10-17(5)11-9-13/h13-14,16H,6-12H2,1-5H3. The molecule has 1 unspecified atom stereocenters. The highest BCUT2D eigenvalue weighted by molar-refractivity contribution is 4.76. The summed E-state index contributed by atoms with van der Waals surface area (Å²) in [6, 6.07) is 0. The molecule has 1 rings (SSSR count). The van der Waals surface area contributed by atoms with Crippen molar-refractivity contribution < 1.29 is 4.74 Å². The van der Waals surface area contributed by atoms with Gasteiger partial charge >= 0.3 is 0 Å². The second kappa shape index (κ2) is 7.46. The number of rotatable bonds is 6. The molecule has 0 spiro atoms. The summed E-state index contributed by atoms with van der Waals surface area (Å²) in [4.78, 5) is 2.39. The molecule has 18 heavy (non-hydrogen) atoms. The number of likely N-dealkylation sites (tertiary alicyclic amines) is 1. The molecule has 0 amide bonds. The Hall–Kier alpha value is -0.120. The molecule has 0 aliphatic carbocycles. The number of piperidine rings is 1. The maximum Gasteiger partial charge on any atom is 0.0703 e. The summed E-state index contributed by atoms with van der Waals surface area (Å²) in [5.41, 5.74) is 0.183. The van der Waals surface area contributed by atoms with Gasteiger partial charge in [0, 0.05) is 25.2 Å². The van der Waals surface area contributed by atoms with Gasteiger partial charge in [-0.05, 0) is 47.1 Å². The topological polar surface area (TPSA) is 24.5 Å². The van der Waals surface area contributed by atoms with E-state index in [0.29, 0.717) is 12.2 Å². The van der Waals surface area contributed by atoms with Crippen molar-refractivity contribution >= 4 is 0 Å². The van der Waals surface area contributed by atoms with E-state index in [9.17, 15) is 0 Å². The van der Waals surface area contributed by atoms with E-state index in [0.717, 1.165) is 13.0 Å². The molecule has 0 radical (unpaired) electrons. The highest BCUT2D eigenvalue weighted by atomic mass is 16.5. The molecule has 1 aliphatic heterocycles. The summed E-state index contributed by atoms with van der Waals surface area (Å²) in [5, 5.41) is 3.57. The Balaban J connectivity index is 2.32. The lowest BCUT2D eigenvalue weighted by Gasteiger charge is -2.33. The van der Waals surface area contributed by atoms with Crippen LogP contribution >= 0.6 is 0 Å². The van der Waals surface area contributed by atoms with Gasteiger partial charge in [0.25, 0.3) is 0 Å². The van der Waals surface area contributed by atoms with E-state index in [2.05, 4.69) is 45.0 Å². The minimum Gasteiger partial charge on any atom is -0.374 e. The van der Waals surface area contributed by atoms with Crippen LogP contribution < -0.4 is 5.32 Å².